The Bertz CT molecular complexity index is 555. The van der Waals surface area contributed by atoms with Crippen molar-refractivity contribution < 1.29 is 9.90 Å². The number of amides is 2. The normalized spacial score (nSPS) is 15.8. The van der Waals surface area contributed by atoms with Crippen LogP contribution >= 0.6 is 0 Å². The van der Waals surface area contributed by atoms with E-state index in [0.29, 0.717) is 13.0 Å². The van der Waals surface area contributed by atoms with E-state index in [1.807, 2.05) is 19.9 Å². The lowest BCUT2D eigenvalue weighted by Gasteiger charge is -2.28. The van der Waals surface area contributed by atoms with Gasteiger partial charge in [-0.15, -0.1) is 0 Å². The van der Waals surface area contributed by atoms with Crippen molar-refractivity contribution in [2.24, 2.45) is 5.41 Å². The first-order chi connectivity index (χ1) is 10.8. The summed E-state index contributed by atoms with van der Waals surface area (Å²) in [6.45, 7) is 7.45. The summed E-state index contributed by atoms with van der Waals surface area (Å²) in [5, 5.41) is 15.3. The topological polar surface area (TPSA) is 64.6 Å². The molecule has 5 heteroatoms. The summed E-state index contributed by atoms with van der Waals surface area (Å²) in [7, 11) is 2.10. The Hall–Kier alpha value is -1.75. The molecule has 1 aromatic carbocycles. The molecule has 1 aromatic rings. The average molecular weight is 319 g/mol. The molecule has 2 amide bonds. The first-order valence-corrected chi connectivity index (χ1v) is 8.34. The molecule has 0 saturated heterocycles. The molecule has 23 heavy (non-hydrogen) atoms. The van der Waals surface area contributed by atoms with Gasteiger partial charge < -0.3 is 20.6 Å². The lowest BCUT2D eigenvalue weighted by atomic mass is 9.87. The lowest BCUT2D eigenvalue weighted by Crippen LogP contribution is -2.38. The SMILES string of the molecule is CC(O)CC(C)(C)CNC(=O)Nc1ccc2c(c1)CCCN2C. The third-order valence-corrected chi connectivity index (χ3v) is 4.26. The maximum Gasteiger partial charge on any atom is 0.319 e. The van der Waals surface area contributed by atoms with Crippen molar-refractivity contribution in [2.75, 3.05) is 30.4 Å². The highest BCUT2D eigenvalue weighted by molar-refractivity contribution is 5.89. The highest BCUT2D eigenvalue weighted by atomic mass is 16.3. The zero-order valence-corrected chi connectivity index (χ0v) is 14.6. The molecule has 0 bridgehead atoms. The maximum absolute atomic E-state index is 12.1. The molecule has 1 atom stereocenters. The van der Waals surface area contributed by atoms with Crippen LogP contribution in [0.2, 0.25) is 0 Å². The van der Waals surface area contributed by atoms with Gasteiger partial charge in [-0.25, -0.2) is 4.79 Å². The Kier molecular flexibility index (Phi) is 5.52. The van der Waals surface area contributed by atoms with Crippen LogP contribution < -0.4 is 15.5 Å². The summed E-state index contributed by atoms with van der Waals surface area (Å²) in [6.07, 6.45) is 2.48. The minimum absolute atomic E-state index is 0.135. The van der Waals surface area contributed by atoms with Crippen LogP contribution in [-0.4, -0.2) is 37.4 Å². The number of carbonyl (C=O) groups is 1. The molecule has 1 aliphatic heterocycles. The number of rotatable bonds is 5. The number of fused-ring (bicyclic) bond motifs is 1. The van der Waals surface area contributed by atoms with Crippen LogP contribution in [0.15, 0.2) is 18.2 Å². The molecule has 1 unspecified atom stereocenters. The summed E-state index contributed by atoms with van der Waals surface area (Å²) < 4.78 is 0. The van der Waals surface area contributed by atoms with E-state index in [2.05, 4.69) is 34.7 Å². The smallest absolute Gasteiger partial charge is 0.319 e. The zero-order chi connectivity index (χ0) is 17.0. The van der Waals surface area contributed by atoms with Crippen molar-refractivity contribution in [3.8, 4) is 0 Å². The van der Waals surface area contributed by atoms with Crippen molar-refractivity contribution in [1.82, 2.24) is 5.32 Å². The fourth-order valence-corrected chi connectivity index (χ4v) is 3.23. The summed E-state index contributed by atoms with van der Waals surface area (Å²) >= 11 is 0. The van der Waals surface area contributed by atoms with E-state index in [4.69, 9.17) is 0 Å². The molecular formula is C18H29N3O2. The minimum atomic E-state index is -0.368. The molecule has 128 valence electrons. The Morgan fingerprint density at radius 3 is 2.87 bits per heavy atom. The van der Waals surface area contributed by atoms with Gasteiger partial charge in [-0.3, -0.25) is 0 Å². The molecule has 0 radical (unpaired) electrons. The number of aliphatic hydroxyl groups is 1. The van der Waals surface area contributed by atoms with Crippen molar-refractivity contribution in [1.29, 1.82) is 0 Å². The van der Waals surface area contributed by atoms with E-state index in [0.717, 1.165) is 25.1 Å². The van der Waals surface area contributed by atoms with E-state index >= 15 is 0 Å². The molecule has 0 saturated carbocycles. The zero-order valence-electron chi connectivity index (χ0n) is 14.6. The predicted octanol–water partition coefficient (Wildman–Crippen LogP) is 2.99. The van der Waals surface area contributed by atoms with Gasteiger partial charge in [-0.2, -0.15) is 0 Å². The van der Waals surface area contributed by atoms with E-state index < -0.39 is 0 Å². The van der Waals surface area contributed by atoms with Gasteiger partial charge in [-0.1, -0.05) is 13.8 Å². The molecule has 0 aromatic heterocycles. The molecule has 2 rings (SSSR count). The largest absolute Gasteiger partial charge is 0.393 e. The molecule has 0 spiro atoms. The summed E-state index contributed by atoms with van der Waals surface area (Å²) in [5.74, 6) is 0. The molecular weight excluding hydrogens is 290 g/mol. The first-order valence-electron chi connectivity index (χ1n) is 8.34. The number of nitrogens with one attached hydrogen (secondary N) is 2. The second kappa shape index (κ2) is 7.21. The fraction of sp³-hybridized carbons (Fsp3) is 0.611. The number of nitrogens with zero attached hydrogens (tertiary/aromatic N) is 1. The van der Waals surface area contributed by atoms with Crippen LogP contribution in [0.1, 0.15) is 39.2 Å². The van der Waals surface area contributed by atoms with E-state index in [9.17, 15) is 9.90 Å². The van der Waals surface area contributed by atoms with Crippen molar-refractivity contribution >= 4 is 17.4 Å². The van der Waals surface area contributed by atoms with Crippen LogP contribution in [0, 0.1) is 5.41 Å². The molecule has 3 N–H and O–H groups in total. The van der Waals surface area contributed by atoms with Gasteiger partial charge in [0.1, 0.15) is 0 Å². The molecule has 0 fully saturated rings. The Balaban J connectivity index is 1.91. The summed E-state index contributed by atoms with van der Waals surface area (Å²) in [4.78, 5) is 14.3. The van der Waals surface area contributed by atoms with Crippen LogP contribution in [0.4, 0.5) is 16.2 Å². The van der Waals surface area contributed by atoms with Crippen molar-refractivity contribution in [3.05, 3.63) is 23.8 Å². The summed E-state index contributed by atoms with van der Waals surface area (Å²) in [5.41, 5.74) is 3.22. The molecule has 1 aliphatic rings. The number of anilines is 2. The van der Waals surface area contributed by atoms with E-state index in [1.54, 1.807) is 6.92 Å². The quantitative estimate of drug-likeness (QED) is 0.782. The number of hydrogen-bond acceptors (Lipinski definition) is 3. The van der Waals surface area contributed by atoms with Gasteiger partial charge in [0.05, 0.1) is 6.10 Å². The standard InChI is InChI=1S/C18H29N3O2/c1-13(22)11-18(2,3)12-19-17(23)20-15-7-8-16-14(10-15)6-5-9-21(16)4/h7-8,10,13,22H,5-6,9,11-12H2,1-4H3,(H2,19,20,23). The third kappa shape index (κ3) is 5.13. The van der Waals surface area contributed by atoms with Gasteiger partial charge >= 0.3 is 6.03 Å². The van der Waals surface area contributed by atoms with Gasteiger partial charge in [0.2, 0.25) is 0 Å². The van der Waals surface area contributed by atoms with Crippen LogP contribution in [0.3, 0.4) is 0 Å². The number of aliphatic hydroxyl groups excluding tert-OH is 1. The van der Waals surface area contributed by atoms with Crippen molar-refractivity contribution in [3.63, 3.8) is 0 Å². The minimum Gasteiger partial charge on any atom is -0.393 e. The lowest BCUT2D eigenvalue weighted by molar-refractivity contribution is 0.129. The Labute approximate surface area is 139 Å². The Morgan fingerprint density at radius 2 is 2.17 bits per heavy atom. The number of benzene rings is 1. The number of aryl methyl sites for hydroxylation is 1. The predicted molar refractivity (Wildman–Crippen MR) is 95.1 cm³/mol. The fourth-order valence-electron chi connectivity index (χ4n) is 3.23. The van der Waals surface area contributed by atoms with Gasteiger partial charge in [0.15, 0.2) is 0 Å². The highest BCUT2D eigenvalue weighted by Gasteiger charge is 2.21. The number of carbonyl (C=O) groups excluding carboxylic acids is 1. The maximum atomic E-state index is 12.1. The van der Waals surface area contributed by atoms with E-state index in [-0.39, 0.29) is 17.6 Å². The molecule has 1 heterocycles. The van der Waals surface area contributed by atoms with E-state index in [1.165, 1.54) is 11.3 Å². The second-order valence-electron chi connectivity index (χ2n) is 7.39. The van der Waals surface area contributed by atoms with Crippen LogP contribution in [-0.2, 0) is 6.42 Å². The summed E-state index contributed by atoms with van der Waals surface area (Å²) in [6, 6.07) is 5.88. The second-order valence-corrected chi connectivity index (χ2v) is 7.39. The monoisotopic (exact) mass is 319 g/mol. The molecule has 5 nitrogen and oxygen atoms in total. The Morgan fingerprint density at radius 1 is 1.43 bits per heavy atom. The average Bonchev–Trinajstić information content (AvgIpc) is 2.44. The van der Waals surface area contributed by atoms with Crippen LogP contribution in [0.5, 0.6) is 0 Å². The number of urea groups is 1. The van der Waals surface area contributed by atoms with Gasteiger partial charge in [0.25, 0.3) is 0 Å². The number of hydrogen-bond donors (Lipinski definition) is 3. The third-order valence-electron chi connectivity index (χ3n) is 4.26. The highest BCUT2D eigenvalue weighted by Crippen LogP contribution is 2.28. The first kappa shape index (κ1) is 17.6. The van der Waals surface area contributed by atoms with Crippen molar-refractivity contribution in [2.45, 2.75) is 46.1 Å². The van der Waals surface area contributed by atoms with Crippen LogP contribution in [0.25, 0.3) is 0 Å². The van der Waals surface area contributed by atoms with Gasteiger partial charge in [-0.05, 0) is 55.4 Å². The molecule has 0 aliphatic carbocycles. The van der Waals surface area contributed by atoms with Gasteiger partial charge in [0, 0.05) is 31.5 Å².